The summed E-state index contributed by atoms with van der Waals surface area (Å²) >= 11 is 0. The third-order valence-electron chi connectivity index (χ3n) is 4.00. The summed E-state index contributed by atoms with van der Waals surface area (Å²) in [5, 5.41) is 17.7. The van der Waals surface area contributed by atoms with Gasteiger partial charge in [0, 0.05) is 12.0 Å². The molecule has 0 aliphatic rings. The first-order valence-corrected chi connectivity index (χ1v) is 10.2. The largest absolute Gasteiger partial charge is 0.490 e. The number of carbonyl (C=O) groups is 2. The van der Waals surface area contributed by atoms with Gasteiger partial charge in [-0.15, -0.1) is 0 Å². The van der Waals surface area contributed by atoms with Gasteiger partial charge in [-0.3, -0.25) is 0 Å². The van der Waals surface area contributed by atoms with Gasteiger partial charge in [0.25, 0.3) is 5.95 Å². The number of para-hydroxylation sites is 2. The minimum absolute atomic E-state index is 0.0636. The second kappa shape index (κ2) is 14.3. The molecule has 7 nitrogen and oxygen atoms in total. The normalized spacial score (nSPS) is 11.7. The molecule has 0 aliphatic carbocycles. The zero-order valence-electron chi connectivity index (χ0n) is 18.6. The van der Waals surface area contributed by atoms with Crippen LogP contribution < -0.4 is 9.47 Å². The van der Waals surface area contributed by atoms with Crippen molar-refractivity contribution in [3.8, 4) is 11.5 Å². The fourth-order valence-electron chi connectivity index (χ4n) is 2.50. The molecule has 0 heterocycles. The van der Waals surface area contributed by atoms with Crippen LogP contribution in [0.15, 0.2) is 84.3 Å². The van der Waals surface area contributed by atoms with Crippen LogP contribution in [0.2, 0.25) is 0 Å². The SMILES string of the molecule is C=C(CC(C)Oc1ccccc1)C(=O)O.CCOC(Oc1ccccc1)=C(CC)C(=O)O. The van der Waals surface area contributed by atoms with E-state index in [-0.39, 0.29) is 23.2 Å². The van der Waals surface area contributed by atoms with Crippen LogP contribution in [0.3, 0.4) is 0 Å². The summed E-state index contributed by atoms with van der Waals surface area (Å²) in [6.45, 7) is 9.16. The predicted molar refractivity (Wildman–Crippen MR) is 122 cm³/mol. The zero-order valence-corrected chi connectivity index (χ0v) is 18.6. The lowest BCUT2D eigenvalue weighted by Crippen LogP contribution is -2.15. The number of ether oxygens (including phenoxy) is 3. The number of hydrogen-bond acceptors (Lipinski definition) is 5. The first-order valence-electron chi connectivity index (χ1n) is 10.2. The van der Waals surface area contributed by atoms with E-state index in [1.165, 1.54) is 0 Å². The van der Waals surface area contributed by atoms with Crippen molar-refractivity contribution in [1.82, 2.24) is 0 Å². The van der Waals surface area contributed by atoms with Gasteiger partial charge in [-0.05, 0) is 44.5 Å². The summed E-state index contributed by atoms with van der Waals surface area (Å²) in [6.07, 6.45) is 0.484. The number of rotatable bonds is 11. The van der Waals surface area contributed by atoms with Crippen molar-refractivity contribution in [3.63, 3.8) is 0 Å². The Labute approximate surface area is 188 Å². The number of aliphatic carboxylic acids is 2. The minimum Gasteiger partial charge on any atom is -0.490 e. The van der Waals surface area contributed by atoms with Crippen LogP contribution in [0, 0.1) is 0 Å². The van der Waals surface area contributed by atoms with Gasteiger partial charge in [-0.2, -0.15) is 0 Å². The predicted octanol–water partition coefficient (Wildman–Crippen LogP) is 5.29. The first kappa shape index (κ1) is 26.3. The van der Waals surface area contributed by atoms with Gasteiger partial charge in [0.15, 0.2) is 0 Å². The molecule has 0 saturated heterocycles. The zero-order chi connectivity index (χ0) is 23.9. The molecule has 2 aromatic rings. The van der Waals surface area contributed by atoms with E-state index >= 15 is 0 Å². The average molecular weight is 443 g/mol. The van der Waals surface area contributed by atoms with E-state index in [1.54, 1.807) is 26.0 Å². The summed E-state index contributed by atoms with van der Waals surface area (Å²) in [5.41, 5.74) is 0.300. The Morgan fingerprint density at radius 1 is 0.906 bits per heavy atom. The van der Waals surface area contributed by atoms with Gasteiger partial charge < -0.3 is 24.4 Å². The average Bonchev–Trinajstić information content (AvgIpc) is 2.76. The highest BCUT2D eigenvalue weighted by Crippen LogP contribution is 2.18. The molecule has 1 unspecified atom stereocenters. The lowest BCUT2D eigenvalue weighted by Gasteiger charge is -2.14. The summed E-state index contributed by atoms with van der Waals surface area (Å²) in [7, 11) is 0. The third-order valence-corrected chi connectivity index (χ3v) is 4.00. The van der Waals surface area contributed by atoms with Gasteiger partial charge in [0.2, 0.25) is 0 Å². The quantitative estimate of drug-likeness (QED) is 0.360. The van der Waals surface area contributed by atoms with Gasteiger partial charge in [-0.25, -0.2) is 9.59 Å². The number of carboxylic acids is 2. The molecule has 7 heteroatoms. The topological polar surface area (TPSA) is 102 Å². The van der Waals surface area contributed by atoms with Crippen molar-refractivity contribution in [3.05, 3.63) is 84.3 Å². The molecule has 0 bridgehead atoms. The molecule has 0 amide bonds. The van der Waals surface area contributed by atoms with Crippen molar-refractivity contribution >= 4 is 11.9 Å². The smallest absolute Gasteiger partial charge is 0.338 e. The molecule has 0 aromatic heterocycles. The summed E-state index contributed by atoms with van der Waals surface area (Å²) in [4.78, 5) is 21.6. The Kier molecular flexibility index (Phi) is 11.7. The summed E-state index contributed by atoms with van der Waals surface area (Å²) < 4.78 is 16.2. The van der Waals surface area contributed by atoms with E-state index < -0.39 is 11.9 Å². The van der Waals surface area contributed by atoms with Crippen LogP contribution in [0.25, 0.3) is 0 Å². The molecular formula is C25H30O7. The Morgan fingerprint density at radius 3 is 1.88 bits per heavy atom. The van der Waals surface area contributed by atoms with E-state index in [4.69, 9.17) is 24.4 Å². The van der Waals surface area contributed by atoms with E-state index in [1.807, 2.05) is 55.5 Å². The highest BCUT2D eigenvalue weighted by atomic mass is 16.7. The Hall–Kier alpha value is -3.74. The van der Waals surface area contributed by atoms with Crippen LogP contribution in [-0.4, -0.2) is 34.9 Å². The molecule has 32 heavy (non-hydrogen) atoms. The van der Waals surface area contributed by atoms with Crippen LogP contribution >= 0.6 is 0 Å². The maximum Gasteiger partial charge on any atom is 0.338 e. The summed E-state index contributed by atoms with van der Waals surface area (Å²) in [5.74, 6) is -0.634. The molecule has 0 aliphatic heterocycles. The maximum atomic E-state index is 11.0. The van der Waals surface area contributed by atoms with E-state index in [0.29, 0.717) is 25.2 Å². The lowest BCUT2D eigenvalue weighted by molar-refractivity contribution is -0.134. The van der Waals surface area contributed by atoms with Crippen LogP contribution in [0.4, 0.5) is 0 Å². The van der Waals surface area contributed by atoms with Gasteiger partial charge >= 0.3 is 11.9 Å². The number of carboxylic acid groups (broad SMARTS) is 2. The number of hydrogen-bond donors (Lipinski definition) is 2. The van der Waals surface area contributed by atoms with E-state index in [2.05, 4.69) is 6.58 Å². The Bertz CT molecular complexity index is 889. The molecule has 2 aromatic carbocycles. The Morgan fingerprint density at radius 2 is 1.44 bits per heavy atom. The minimum atomic E-state index is -1.02. The molecule has 1 atom stereocenters. The van der Waals surface area contributed by atoms with Gasteiger partial charge in [-0.1, -0.05) is 49.9 Å². The van der Waals surface area contributed by atoms with Crippen LogP contribution in [0.1, 0.15) is 33.6 Å². The lowest BCUT2D eigenvalue weighted by atomic mass is 10.1. The van der Waals surface area contributed by atoms with Crippen molar-refractivity contribution < 1.29 is 34.0 Å². The highest BCUT2D eigenvalue weighted by molar-refractivity contribution is 5.86. The standard InChI is InChI=1S/C13H16O4.C12H14O3/c1-3-11(12(14)15)13(16-4-2)17-10-8-6-5-7-9-10;1-9(12(13)14)8-10(2)15-11-6-4-3-5-7-11/h5-9H,3-4H2,1-2H3,(H,14,15);3-7,10H,1,8H2,2H3,(H,13,14). The monoisotopic (exact) mass is 442 g/mol. The molecule has 0 saturated carbocycles. The molecule has 2 rings (SSSR count). The van der Waals surface area contributed by atoms with Crippen molar-refractivity contribution in [2.24, 2.45) is 0 Å². The fraction of sp³-hybridized carbons (Fsp3) is 0.280. The molecule has 172 valence electrons. The van der Waals surface area contributed by atoms with Crippen LogP contribution in [0.5, 0.6) is 11.5 Å². The van der Waals surface area contributed by atoms with Crippen LogP contribution in [-0.2, 0) is 14.3 Å². The second-order valence-electron chi connectivity index (χ2n) is 6.63. The molecule has 0 spiro atoms. The first-order chi connectivity index (χ1) is 15.3. The van der Waals surface area contributed by atoms with E-state index in [9.17, 15) is 9.59 Å². The maximum absolute atomic E-state index is 11.0. The van der Waals surface area contributed by atoms with E-state index in [0.717, 1.165) is 5.75 Å². The van der Waals surface area contributed by atoms with Crippen molar-refractivity contribution in [2.75, 3.05) is 6.61 Å². The Balaban J connectivity index is 0.000000323. The van der Waals surface area contributed by atoms with Gasteiger partial charge in [0.05, 0.1) is 6.61 Å². The molecule has 2 N–H and O–H groups in total. The second-order valence-corrected chi connectivity index (χ2v) is 6.63. The summed E-state index contributed by atoms with van der Waals surface area (Å²) in [6, 6.07) is 18.3. The van der Waals surface area contributed by atoms with Crippen molar-refractivity contribution in [2.45, 2.75) is 39.7 Å². The van der Waals surface area contributed by atoms with Crippen molar-refractivity contribution in [1.29, 1.82) is 0 Å². The fourth-order valence-corrected chi connectivity index (χ4v) is 2.50. The number of benzene rings is 2. The molecular weight excluding hydrogens is 412 g/mol. The molecule has 0 radical (unpaired) electrons. The third kappa shape index (κ3) is 9.84. The van der Waals surface area contributed by atoms with Gasteiger partial charge in [0.1, 0.15) is 23.2 Å². The molecule has 0 fully saturated rings. The highest BCUT2D eigenvalue weighted by Gasteiger charge is 2.16.